The number of rotatable bonds is 5. The smallest absolute Gasteiger partial charge is 0.136 e. The van der Waals surface area contributed by atoms with Gasteiger partial charge >= 0.3 is 0 Å². The molecule has 5 saturated carbocycles. The van der Waals surface area contributed by atoms with Crippen molar-refractivity contribution in [1.82, 2.24) is 0 Å². The summed E-state index contributed by atoms with van der Waals surface area (Å²) >= 11 is 0. The maximum Gasteiger partial charge on any atom is 0.136 e. The van der Waals surface area contributed by atoms with Crippen LogP contribution < -0.4 is 0 Å². The number of carbonyl (C=O) groups excluding carboxylic acids is 1. The molecule has 174 valence electrons. The normalized spacial score (nSPS) is 51.5. The van der Waals surface area contributed by atoms with Crippen molar-refractivity contribution in [2.45, 2.75) is 111 Å². The van der Waals surface area contributed by atoms with E-state index in [1.54, 1.807) is 0 Å². The minimum atomic E-state index is -0.240. The molecular weight excluding hydrogens is 380 g/mol. The van der Waals surface area contributed by atoms with E-state index in [1.807, 2.05) is 0 Å². The maximum atomic E-state index is 13.4. The summed E-state index contributed by atoms with van der Waals surface area (Å²) in [5, 5.41) is 10.3. The SMILES string of the molecule is C=C(CC[C@@H](C)[C@H]1CC[C@@]2(C)[C@@H]3CC(=O)[C@H]4C[C@@H](O)CC[C@@]45C[C@@]35CC[C@]12C)C(C)C. The number of aliphatic hydroxyl groups excluding tert-OH is 1. The first kappa shape index (κ1) is 22.2. The van der Waals surface area contributed by atoms with E-state index < -0.39 is 0 Å². The molecule has 31 heavy (non-hydrogen) atoms. The summed E-state index contributed by atoms with van der Waals surface area (Å²) in [7, 11) is 0. The highest BCUT2D eigenvalue weighted by molar-refractivity contribution is 5.85. The summed E-state index contributed by atoms with van der Waals surface area (Å²) in [6.07, 6.45) is 12.4. The fourth-order valence-corrected chi connectivity index (χ4v) is 10.2. The van der Waals surface area contributed by atoms with Crippen LogP contribution in [0.5, 0.6) is 0 Å². The van der Waals surface area contributed by atoms with Crippen molar-refractivity contribution in [1.29, 1.82) is 0 Å². The van der Waals surface area contributed by atoms with Crippen molar-refractivity contribution in [2.24, 2.45) is 51.2 Å². The molecule has 5 aliphatic rings. The molecule has 2 nitrogen and oxygen atoms in total. The second-order valence-corrected chi connectivity index (χ2v) is 13.5. The lowest BCUT2D eigenvalue weighted by molar-refractivity contribution is -0.157. The molecule has 2 heteroatoms. The Hall–Kier alpha value is -0.630. The van der Waals surface area contributed by atoms with Gasteiger partial charge in [0.2, 0.25) is 0 Å². The Balaban J connectivity index is 1.39. The number of hydrogen-bond acceptors (Lipinski definition) is 2. The molecule has 5 fully saturated rings. The van der Waals surface area contributed by atoms with Gasteiger partial charge in [-0.05, 0) is 110 Å². The minimum absolute atomic E-state index is 0.165. The summed E-state index contributed by atoms with van der Waals surface area (Å²) in [4.78, 5) is 13.4. The van der Waals surface area contributed by atoms with Gasteiger partial charge in [0.05, 0.1) is 6.10 Å². The lowest BCUT2D eigenvalue weighted by Crippen LogP contribution is -2.56. The lowest BCUT2D eigenvalue weighted by Gasteiger charge is -2.61. The number of ketones is 1. The van der Waals surface area contributed by atoms with Crippen LogP contribution in [0.25, 0.3) is 0 Å². The first-order valence-electron chi connectivity index (χ1n) is 13.4. The van der Waals surface area contributed by atoms with E-state index in [0.717, 1.165) is 37.5 Å². The summed E-state index contributed by atoms with van der Waals surface area (Å²) < 4.78 is 0. The molecule has 2 spiro atoms. The topological polar surface area (TPSA) is 37.3 Å². The molecular formula is C29H46O2. The van der Waals surface area contributed by atoms with Gasteiger partial charge in [-0.2, -0.15) is 0 Å². The first-order valence-corrected chi connectivity index (χ1v) is 13.4. The van der Waals surface area contributed by atoms with Gasteiger partial charge in [-0.3, -0.25) is 4.79 Å². The fraction of sp³-hybridized carbons (Fsp3) is 0.897. The molecule has 0 aromatic carbocycles. The largest absolute Gasteiger partial charge is 0.393 e. The van der Waals surface area contributed by atoms with E-state index in [2.05, 4.69) is 41.2 Å². The number of carbonyl (C=O) groups is 1. The summed E-state index contributed by atoms with van der Waals surface area (Å²) in [5.74, 6) is 3.37. The molecule has 0 unspecified atom stereocenters. The molecule has 0 radical (unpaired) electrons. The molecule has 5 rings (SSSR count). The van der Waals surface area contributed by atoms with E-state index >= 15 is 0 Å². The van der Waals surface area contributed by atoms with Crippen molar-refractivity contribution in [2.75, 3.05) is 0 Å². The Labute approximate surface area is 190 Å². The van der Waals surface area contributed by atoms with E-state index in [9.17, 15) is 9.90 Å². The average Bonchev–Trinajstić information content (AvgIpc) is 3.29. The van der Waals surface area contributed by atoms with Crippen LogP contribution in [0, 0.1) is 51.2 Å². The van der Waals surface area contributed by atoms with Crippen LogP contribution in [0.4, 0.5) is 0 Å². The van der Waals surface area contributed by atoms with Crippen LogP contribution in [0.1, 0.15) is 105 Å². The van der Waals surface area contributed by atoms with E-state index in [-0.39, 0.29) is 17.4 Å². The van der Waals surface area contributed by atoms with Crippen molar-refractivity contribution in [3.05, 3.63) is 12.2 Å². The Bertz CT molecular complexity index is 784. The van der Waals surface area contributed by atoms with Gasteiger partial charge in [0, 0.05) is 12.3 Å². The molecule has 0 aromatic heterocycles. The first-order chi connectivity index (χ1) is 14.5. The number of hydrogen-bond donors (Lipinski definition) is 1. The third-order valence-electron chi connectivity index (χ3n) is 12.4. The molecule has 1 N–H and O–H groups in total. The van der Waals surface area contributed by atoms with Crippen LogP contribution >= 0.6 is 0 Å². The van der Waals surface area contributed by atoms with Crippen LogP contribution in [-0.2, 0) is 4.79 Å². The van der Waals surface area contributed by atoms with Crippen molar-refractivity contribution in [3.8, 4) is 0 Å². The zero-order valence-corrected chi connectivity index (χ0v) is 20.8. The van der Waals surface area contributed by atoms with Gasteiger partial charge in [0.25, 0.3) is 0 Å². The molecule has 0 heterocycles. The lowest BCUT2D eigenvalue weighted by atomic mass is 9.43. The van der Waals surface area contributed by atoms with Crippen LogP contribution in [0.15, 0.2) is 12.2 Å². The number of allylic oxidation sites excluding steroid dienone is 1. The fourth-order valence-electron chi connectivity index (χ4n) is 10.2. The van der Waals surface area contributed by atoms with Crippen LogP contribution in [-0.4, -0.2) is 17.0 Å². The standard InChI is InChI=1S/C29H46O2/c1-18(2)19(3)7-8-20(4)22-10-11-27(6)25-16-24(31)23-15-21(30)9-12-28(23)17-29(25,28)14-13-26(22,27)5/h18,20-23,25,30H,3,7-17H2,1-2,4-6H3/t20-,21+,22-,23-,25+,26-,27+,28-,29+/m1/s1. The van der Waals surface area contributed by atoms with Gasteiger partial charge in [-0.25, -0.2) is 0 Å². The van der Waals surface area contributed by atoms with Crippen LogP contribution in [0.2, 0.25) is 0 Å². The molecule has 0 saturated heterocycles. The second kappa shape index (κ2) is 6.94. The number of Topliss-reactive ketones (excluding diaryl/α,β-unsaturated/α-hetero) is 1. The highest BCUT2D eigenvalue weighted by Crippen LogP contribution is 2.87. The third-order valence-corrected chi connectivity index (χ3v) is 12.4. The monoisotopic (exact) mass is 426 g/mol. The number of fused-ring (bicyclic) bond motifs is 2. The van der Waals surface area contributed by atoms with Gasteiger partial charge in [0.15, 0.2) is 0 Å². The maximum absolute atomic E-state index is 13.4. The summed E-state index contributed by atoms with van der Waals surface area (Å²) in [6.45, 7) is 16.6. The molecule has 0 aliphatic heterocycles. The Morgan fingerprint density at radius 2 is 1.81 bits per heavy atom. The second-order valence-electron chi connectivity index (χ2n) is 13.5. The zero-order chi connectivity index (χ0) is 22.4. The quantitative estimate of drug-likeness (QED) is 0.483. The minimum Gasteiger partial charge on any atom is -0.393 e. The highest BCUT2D eigenvalue weighted by atomic mass is 16.3. The number of aliphatic hydroxyl groups is 1. The molecule has 5 aliphatic carbocycles. The third kappa shape index (κ3) is 2.75. The summed E-state index contributed by atoms with van der Waals surface area (Å²) in [6, 6.07) is 0. The van der Waals surface area contributed by atoms with Gasteiger partial charge in [-0.15, -0.1) is 0 Å². The predicted octanol–water partition coefficient (Wildman–Crippen LogP) is 6.96. The van der Waals surface area contributed by atoms with E-state index in [1.165, 1.54) is 50.5 Å². The summed E-state index contributed by atoms with van der Waals surface area (Å²) in [5.41, 5.74) is 2.76. The van der Waals surface area contributed by atoms with Gasteiger partial charge < -0.3 is 5.11 Å². The van der Waals surface area contributed by atoms with Crippen LogP contribution in [0.3, 0.4) is 0 Å². The Kier molecular flexibility index (Phi) is 4.96. The van der Waals surface area contributed by atoms with Crippen molar-refractivity contribution in [3.63, 3.8) is 0 Å². The van der Waals surface area contributed by atoms with Crippen molar-refractivity contribution < 1.29 is 9.90 Å². The molecule has 9 atom stereocenters. The van der Waals surface area contributed by atoms with E-state index in [4.69, 9.17) is 0 Å². The van der Waals surface area contributed by atoms with E-state index in [0.29, 0.717) is 33.9 Å². The van der Waals surface area contributed by atoms with Gasteiger partial charge in [0.1, 0.15) is 5.78 Å². The Morgan fingerprint density at radius 1 is 1.06 bits per heavy atom. The molecule has 0 aromatic rings. The zero-order valence-electron chi connectivity index (χ0n) is 20.8. The Morgan fingerprint density at radius 3 is 2.52 bits per heavy atom. The highest BCUT2D eigenvalue weighted by Gasteiger charge is 2.82. The van der Waals surface area contributed by atoms with Gasteiger partial charge in [-0.1, -0.05) is 46.8 Å². The molecule has 0 amide bonds. The predicted molar refractivity (Wildman–Crippen MR) is 126 cm³/mol. The molecule has 0 bridgehead atoms. The van der Waals surface area contributed by atoms with Crippen molar-refractivity contribution >= 4 is 5.78 Å². The average molecular weight is 427 g/mol.